The number of benzene rings is 4. The van der Waals surface area contributed by atoms with Gasteiger partial charge in [-0.3, -0.25) is 9.59 Å². The fourth-order valence-corrected chi connectivity index (χ4v) is 5.79. The zero-order chi connectivity index (χ0) is 37.3. The molecular formula is C40H48Cl2N4O6. The van der Waals surface area contributed by atoms with Crippen LogP contribution in [0, 0.1) is 0 Å². The second kappa shape index (κ2) is 21.4. The van der Waals surface area contributed by atoms with Crippen LogP contribution in [0.5, 0.6) is 11.5 Å². The Morgan fingerprint density at radius 2 is 1.00 bits per heavy atom. The fraction of sp³-hybridized carbons (Fsp3) is 0.350. The minimum Gasteiger partial charge on any atom is -0.484 e. The quantitative estimate of drug-likeness (QED) is 0.0640. The van der Waals surface area contributed by atoms with E-state index in [1.165, 1.54) is 0 Å². The Morgan fingerprint density at radius 3 is 1.37 bits per heavy atom. The predicted octanol–water partition coefficient (Wildman–Crippen LogP) is 5.19. The van der Waals surface area contributed by atoms with Gasteiger partial charge in [0.15, 0.2) is 13.2 Å². The highest BCUT2D eigenvalue weighted by atomic mass is 35.5. The number of hydrogen-bond donors (Lipinski definition) is 6. The lowest BCUT2D eigenvalue weighted by molar-refractivity contribution is -0.124. The van der Waals surface area contributed by atoms with Gasteiger partial charge in [0.2, 0.25) is 0 Å². The maximum Gasteiger partial charge on any atom is 0.258 e. The molecule has 278 valence electrons. The molecule has 0 bridgehead atoms. The minimum atomic E-state index is -0.651. The third-order valence-electron chi connectivity index (χ3n) is 8.23. The normalized spacial score (nSPS) is 13.4. The number of rotatable bonds is 21. The number of carbonyl (C=O) groups is 2. The second-order valence-electron chi connectivity index (χ2n) is 12.7. The summed E-state index contributed by atoms with van der Waals surface area (Å²) in [4.78, 5) is 24.5. The fourth-order valence-electron chi connectivity index (χ4n) is 5.39. The van der Waals surface area contributed by atoms with Gasteiger partial charge in [0, 0.05) is 48.3 Å². The molecule has 2 amide bonds. The van der Waals surface area contributed by atoms with E-state index in [1.54, 1.807) is 24.3 Å². The van der Waals surface area contributed by atoms with E-state index in [0.717, 1.165) is 35.1 Å². The number of halogens is 2. The van der Waals surface area contributed by atoms with E-state index >= 15 is 0 Å². The molecular weight excluding hydrogens is 703 g/mol. The van der Waals surface area contributed by atoms with Crippen molar-refractivity contribution in [2.24, 2.45) is 0 Å². The van der Waals surface area contributed by atoms with Crippen LogP contribution in [-0.4, -0.2) is 73.5 Å². The molecule has 52 heavy (non-hydrogen) atoms. The third-order valence-corrected chi connectivity index (χ3v) is 8.70. The van der Waals surface area contributed by atoms with Crippen LogP contribution in [0.4, 0.5) is 0 Å². The first-order valence-electron chi connectivity index (χ1n) is 17.3. The first-order chi connectivity index (χ1) is 25.0. The van der Waals surface area contributed by atoms with Crippen LogP contribution < -0.4 is 30.7 Å². The standard InChI is InChI=1S/C40H48Cl2N4O6/c1-27(45-23-37(47)31-5-3-7-33(41)21-31)19-29-9-13-35(14-10-29)51-25-39(49)43-17-18-44-40(50)26-52-36-15-11-30(12-16-36)20-28(2)46-24-38(48)32-6-4-8-34(42)22-32/h3-16,21-22,27-28,37-38,45-48H,17-20,23-26H2,1-2H3,(H,43,49)(H,44,50)/t27-,28-,37+,38+/m1/s1. The molecule has 4 aromatic rings. The molecule has 0 saturated heterocycles. The van der Waals surface area contributed by atoms with Gasteiger partial charge in [-0.1, -0.05) is 71.7 Å². The molecule has 6 N–H and O–H groups in total. The van der Waals surface area contributed by atoms with Crippen LogP contribution in [0.3, 0.4) is 0 Å². The number of hydrogen-bond acceptors (Lipinski definition) is 8. The molecule has 4 aromatic carbocycles. The zero-order valence-electron chi connectivity index (χ0n) is 29.5. The Kier molecular flexibility index (Phi) is 16.7. The van der Waals surface area contributed by atoms with Crippen molar-refractivity contribution in [3.63, 3.8) is 0 Å². The van der Waals surface area contributed by atoms with E-state index in [9.17, 15) is 19.8 Å². The van der Waals surface area contributed by atoms with Crippen LogP contribution in [0.25, 0.3) is 0 Å². The highest BCUT2D eigenvalue weighted by Gasteiger charge is 2.13. The highest BCUT2D eigenvalue weighted by Crippen LogP contribution is 2.19. The van der Waals surface area contributed by atoms with Crippen LogP contribution in [0.15, 0.2) is 97.1 Å². The van der Waals surface area contributed by atoms with Crippen molar-refractivity contribution in [1.29, 1.82) is 0 Å². The Labute approximate surface area is 315 Å². The van der Waals surface area contributed by atoms with Crippen LogP contribution in [0.1, 0.15) is 48.3 Å². The summed E-state index contributed by atoms with van der Waals surface area (Å²) in [5.74, 6) is 0.552. The molecule has 12 heteroatoms. The Morgan fingerprint density at radius 1 is 0.615 bits per heavy atom. The van der Waals surface area contributed by atoms with Crippen molar-refractivity contribution < 1.29 is 29.3 Å². The van der Waals surface area contributed by atoms with Gasteiger partial charge < -0.3 is 41.0 Å². The number of ether oxygens (including phenoxy) is 2. The van der Waals surface area contributed by atoms with Gasteiger partial charge in [0.05, 0.1) is 12.2 Å². The minimum absolute atomic E-state index is 0.127. The van der Waals surface area contributed by atoms with E-state index in [1.807, 2.05) is 72.8 Å². The van der Waals surface area contributed by atoms with Crippen molar-refractivity contribution in [2.75, 3.05) is 39.4 Å². The molecule has 0 aliphatic rings. The smallest absolute Gasteiger partial charge is 0.258 e. The molecule has 0 fully saturated rings. The lowest BCUT2D eigenvalue weighted by atomic mass is 10.1. The highest BCUT2D eigenvalue weighted by molar-refractivity contribution is 6.30. The molecule has 0 aromatic heterocycles. The lowest BCUT2D eigenvalue weighted by Crippen LogP contribution is -2.38. The van der Waals surface area contributed by atoms with Crippen molar-refractivity contribution in [2.45, 2.75) is 51.0 Å². The average Bonchev–Trinajstić information content (AvgIpc) is 3.14. The number of carbonyl (C=O) groups excluding carboxylic acids is 2. The molecule has 0 aliphatic heterocycles. The maximum atomic E-state index is 12.2. The van der Waals surface area contributed by atoms with Gasteiger partial charge in [0.1, 0.15) is 11.5 Å². The summed E-state index contributed by atoms with van der Waals surface area (Å²) < 4.78 is 11.2. The predicted molar refractivity (Wildman–Crippen MR) is 205 cm³/mol. The number of aliphatic hydroxyl groups excluding tert-OH is 2. The average molecular weight is 752 g/mol. The topological polar surface area (TPSA) is 141 Å². The number of aliphatic hydroxyl groups is 2. The Bertz CT molecular complexity index is 1570. The van der Waals surface area contributed by atoms with E-state index < -0.39 is 12.2 Å². The summed E-state index contributed by atoms with van der Waals surface area (Å²) >= 11 is 12.0. The third kappa shape index (κ3) is 14.8. The van der Waals surface area contributed by atoms with Crippen molar-refractivity contribution in [3.8, 4) is 11.5 Å². The van der Waals surface area contributed by atoms with E-state index in [4.69, 9.17) is 32.7 Å². The van der Waals surface area contributed by atoms with Gasteiger partial charge in [-0.2, -0.15) is 0 Å². The molecule has 4 atom stereocenters. The van der Waals surface area contributed by atoms with Gasteiger partial charge in [-0.15, -0.1) is 0 Å². The SMILES string of the molecule is C[C@H](Cc1ccc(OCC(=O)NCCNC(=O)COc2ccc(C[C@@H](C)NC[C@H](O)c3cccc(Cl)c3)cc2)cc1)NC[C@H](O)c1cccc(Cl)c1. The molecule has 4 rings (SSSR count). The zero-order valence-corrected chi connectivity index (χ0v) is 31.0. The molecule has 0 aliphatic carbocycles. The molecule has 0 spiro atoms. The summed E-state index contributed by atoms with van der Waals surface area (Å²) in [6.45, 7) is 5.12. The Balaban J connectivity index is 1.03. The van der Waals surface area contributed by atoms with Crippen molar-refractivity contribution >= 4 is 35.0 Å². The van der Waals surface area contributed by atoms with Crippen LogP contribution in [0.2, 0.25) is 10.0 Å². The molecule has 10 nitrogen and oxygen atoms in total. The first kappa shape index (κ1) is 40.6. The summed E-state index contributed by atoms with van der Waals surface area (Å²) in [5, 5.41) is 34.2. The summed E-state index contributed by atoms with van der Waals surface area (Å²) in [6.07, 6.45) is 0.206. The monoisotopic (exact) mass is 750 g/mol. The molecule has 0 heterocycles. The van der Waals surface area contributed by atoms with E-state index in [2.05, 4.69) is 35.1 Å². The van der Waals surface area contributed by atoms with Gasteiger partial charge in [-0.25, -0.2) is 0 Å². The van der Waals surface area contributed by atoms with E-state index in [-0.39, 0.29) is 50.2 Å². The lowest BCUT2D eigenvalue weighted by Gasteiger charge is -2.18. The largest absolute Gasteiger partial charge is 0.484 e. The van der Waals surface area contributed by atoms with Crippen LogP contribution >= 0.6 is 23.2 Å². The van der Waals surface area contributed by atoms with E-state index in [0.29, 0.717) is 34.6 Å². The Hall–Kier alpha value is -4.16. The second-order valence-corrected chi connectivity index (χ2v) is 13.6. The first-order valence-corrected chi connectivity index (χ1v) is 18.1. The molecule has 0 unspecified atom stereocenters. The molecule has 0 saturated carbocycles. The molecule has 0 radical (unpaired) electrons. The maximum absolute atomic E-state index is 12.2. The van der Waals surface area contributed by atoms with Gasteiger partial charge >= 0.3 is 0 Å². The number of amides is 2. The van der Waals surface area contributed by atoms with Gasteiger partial charge in [0.25, 0.3) is 11.8 Å². The van der Waals surface area contributed by atoms with Crippen LogP contribution in [-0.2, 0) is 22.4 Å². The van der Waals surface area contributed by atoms with Gasteiger partial charge in [-0.05, 0) is 97.5 Å². The van der Waals surface area contributed by atoms with Crippen molar-refractivity contribution in [3.05, 3.63) is 129 Å². The summed E-state index contributed by atoms with van der Waals surface area (Å²) in [5.41, 5.74) is 3.72. The summed E-state index contributed by atoms with van der Waals surface area (Å²) in [7, 11) is 0. The van der Waals surface area contributed by atoms with Crippen molar-refractivity contribution in [1.82, 2.24) is 21.3 Å². The number of nitrogens with one attached hydrogen (secondary N) is 4. The summed E-state index contributed by atoms with van der Waals surface area (Å²) in [6, 6.07) is 29.7.